The largest absolute Gasteiger partial charge is 0.396 e. The van der Waals surface area contributed by atoms with Crippen molar-refractivity contribution in [3.63, 3.8) is 0 Å². The maximum atomic E-state index is 12.9. The Bertz CT molecular complexity index is 641. The highest BCUT2D eigenvalue weighted by molar-refractivity contribution is 5.30. The fourth-order valence-corrected chi connectivity index (χ4v) is 1.36. The van der Waals surface area contributed by atoms with E-state index in [0.717, 1.165) is 10.8 Å². The summed E-state index contributed by atoms with van der Waals surface area (Å²) in [6.45, 7) is 0.538. The Morgan fingerprint density at radius 2 is 2.12 bits per heavy atom. The number of aromatic nitrogens is 4. The van der Waals surface area contributed by atoms with Gasteiger partial charge in [-0.15, -0.1) is 0 Å². The van der Waals surface area contributed by atoms with Crippen molar-refractivity contribution in [2.45, 2.75) is 13.1 Å². The fraction of sp³-hybridized carbons (Fsp3) is 0.222. The number of nitrogens with one attached hydrogen (secondary N) is 1. The fourth-order valence-electron chi connectivity index (χ4n) is 1.36. The first-order chi connectivity index (χ1) is 8.06. The molecule has 2 heterocycles. The van der Waals surface area contributed by atoms with Gasteiger partial charge in [-0.3, -0.25) is 19.0 Å². The summed E-state index contributed by atoms with van der Waals surface area (Å²) in [7, 11) is 0. The monoisotopic (exact) mass is 239 g/mol. The lowest BCUT2D eigenvalue weighted by molar-refractivity contribution is 0.493. The second-order valence-electron chi connectivity index (χ2n) is 3.47. The molecule has 0 fully saturated rings. The molecule has 8 heteroatoms. The number of nitrogens with two attached hydrogens (primary N) is 1. The molecule has 2 rings (SSSR count). The molecular weight excluding hydrogens is 229 g/mol. The minimum Gasteiger partial charge on any atom is -0.396 e. The quantitative estimate of drug-likeness (QED) is 0.729. The lowest BCUT2D eigenvalue weighted by Crippen LogP contribution is -2.32. The van der Waals surface area contributed by atoms with Gasteiger partial charge in [0.05, 0.1) is 24.6 Å². The van der Waals surface area contributed by atoms with Gasteiger partial charge in [0.1, 0.15) is 0 Å². The van der Waals surface area contributed by atoms with Crippen molar-refractivity contribution in [1.29, 1.82) is 0 Å². The smallest absolute Gasteiger partial charge is 0.328 e. The third-order valence-electron chi connectivity index (χ3n) is 2.19. The number of halogens is 1. The maximum absolute atomic E-state index is 12.9. The number of nitrogens with zero attached hydrogens (tertiary/aromatic N) is 3. The summed E-state index contributed by atoms with van der Waals surface area (Å²) in [6, 6.07) is 0. The lowest BCUT2D eigenvalue weighted by Gasteiger charge is -2.04. The molecule has 17 heavy (non-hydrogen) atoms. The second-order valence-corrected chi connectivity index (χ2v) is 3.47. The summed E-state index contributed by atoms with van der Waals surface area (Å²) in [5.41, 5.74) is 4.29. The third-order valence-corrected chi connectivity index (χ3v) is 2.19. The first-order valence-electron chi connectivity index (χ1n) is 4.83. The molecule has 0 radical (unpaired) electrons. The van der Waals surface area contributed by atoms with Gasteiger partial charge in [-0.2, -0.15) is 9.49 Å². The molecule has 0 amide bonds. The first kappa shape index (κ1) is 11.1. The molecule has 90 valence electrons. The summed E-state index contributed by atoms with van der Waals surface area (Å²) < 4.78 is 15.5. The molecule has 0 atom stereocenters. The highest BCUT2D eigenvalue weighted by atomic mass is 19.1. The predicted molar refractivity (Wildman–Crippen MR) is 57.9 cm³/mol. The van der Waals surface area contributed by atoms with Gasteiger partial charge in [0.25, 0.3) is 5.56 Å². The van der Waals surface area contributed by atoms with E-state index in [4.69, 9.17) is 5.73 Å². The van der Waals surface area contributed by atoms with Crippen molar-refractivity contribution in [3.05, 3.63) is 45.2 Å². The normalized spacial score (nSPS) is 10.6. The Labute approximate surface area is 94.3 Å². The van der Waals surface area contributed by atoms with Crippen LogP contribution in [-0.4, -0.2) is 19.3 Å². The lowest BCUT2D eigenvalue weighted by atomic mass is 10.5. The van der Waals surface area contributed by atoms with E-state index in [0.29, 0.717) is 12.2 Å². The van der Waals surface area contributed by atoms with Gasteiger partial charge < -0.3 is 5.73 Å². The van der Waals surface area contributed by atoms with Crippen LogP contribution in [0.1, 0.15) is 0 Å². The van der Waals surface area contributed by atoms with Crippen molar-refractivity contribution in [1.82, 2.24) is 19.3 Å². The van der Waals surface area contributed by atoms with E-state index in [2.05, 4.69) is 5.10 Å². The molecule has 0 unspecified atom stereocenters. The van der Waals surface area contributed by atoms with E-state index in [1.807, 2.05) is 4.98 Å². The number of H-pyrrole nitrogens is 1. The van der Waals surface area contributed by atoms with Crippen molar-refractivity contribution < 1.29 is 4.39 Å². The summed E-state index contributed by atoms with van der Waals surface area (Å²) in [4.78, 5) is 24.0. The van der Waals surface area contributed by atoms with Gasteiger partial charge in [0.2, 0.25) is 5.82 Å². The zero-order valence-corrected chi connectivity index (χ0v) is 8.76. The number of hydrogen-bond acceptors (Lipinski definition) is 4. The summed E-state index contributed by atoms with van der Waals surface area (Å²) in [5, 5.41) is 3.91. The maximum Gasteiger partial charge on any atom is 0.328 e. The molecule has 0 saturated carbocycles. The van der Waals surface area contributed by atoms with Crippen LogP contribution in [0.3, 0.4) is 0 Å². The summed E-state index contributed by atoms with van der Waals surface area (Å²) >= 11 is 0. The highest BCUT2D eigenvalue weighted by Gasteiger charge is 2.03. The van der Waals surface area contributed by atoms with Gasteiger partial charge in [0.15, 0.2) is 0 Å². The minimum absolute atomic E-state index is 0.188. The molecule has 0 spiro atoms. The van der Waals surface area contributed by atoms with Crippen molar-refractivity contribution in [2.24, 2.45) is 0 Å². The zero-order chi connectivity index (χ0) is 12.4. The molecule has 3 N–H and O–H groups in total. The summed E-state index contributed by atoms with van der Waals surface area (Å²) in [6.07, 6.45) is 3.93. The Morgan fingerprint density at radius 3 is 2.76 bits per heavy atom. The van der Waals surface area contributed by atoms with Crippen LogP contribution in [-0.2, 0) is 13.1 Å². The second kappa shape index (κ2) is 4.24. The van der Waals surface area contributed by atoms with Gasteiger partial charge in [0, 0.05) is 12.7 Å². The van der Waals surface area contributed by atoms with E-state index in [-0.39, 0.29) is 6.54 Å². The molecule has 0 bridgehead atoms. The molecule has 2 aromatic heterocycles. The standard InChI is InChI=1S/C9H10FN5O2/c10-7-5-14(9(17)13-8(7)16)1-2-15-4-6(11)3-12-15/h3-5H,1-2,11H2,(H,13,16,17). The van der Waals surface area contributed by atoms with Crippen LogP contribution in [0.5, 0.6) is 0 Å². The number of nitrogen functional groups attached to an aromatic ring is 1. The Balaban J connectivity index is 2.17. The van der Waals surface area contributed by atoms with Crippen molar-refractivity contribution >= 4 is 5.69 Å². The zero-order valence-electron chi connectivity index (χ0n) is 8.76. The topological polar surface area (TPSA) is 98.7 Å². The van der Waals surface area contributed by atoms with Crippen LogP contribution < -0.4 is 17.0 Å². The van der Waals surface area contributed by atoms with E-state index < -0.39 is 17.1 Å². The number of hydrogen-bond donors (Lipinski definition) is 2. The van der Waals surface area contributed by atoms with Crippen LogP contribution in [0.2, 0.25) is 0 Å². The van der Waals surface area contributed by atoms with Crippen LogP contribution in [0.4, 0.5) is 10.1 Å². The number of rotatable bonds is 3. The molecule has 0 aliphatic rings. The predicted octanol–water partition coefficient (Wildman–Crippen LogP) is -0.845. The van der Waals surface area contributed by atoms with Crippen LogP contribution in [0, 0.1) is 5.82 Å². The SMILES string of the molecule is Nc1cnn(CCn2cc(F)c(=O)[nH]c2=O)c1. The van der Waals surface area contributed by atoms with Crippen molar-refractivity contribution in [2.75, 3.05) is 5.73 Å². The number of anilines is 1. The van der Waals surface area contributed by atoms with Gasteiger partial charge in [-0.1, -0.05) is 0 Å². The van der Waals surface area contributed by atoms with Crippen LogP contribution >= 0.6 is 0 Å². The minimum atomic E-state index is -1.02. The highest BCUT2D eigenvalue weighted by Crippen LogP contribution is 1.97. The van der Waals surface area contributed by atoms with Crippen LogP contribution in [0.15, 0.2) is 28.2 Å². The van der Waals surface area contributed by atoms with Gasteiger partial charge in [-0.05, 0) is 0 Å². The molecule has 2 aromatic rings. The summed E-state index contributed by atoms with van der Waals surface area (Å²) in [5.74, 6) is -0.996. The number of aromatic amines is 1. The van der Waals surface area contributed by atoms with E-state index >= 15 is 0 Å². The third kappa shape index (κ3) is 2.41. The van der Waals surface area contributed by atoms with E-state index in [1.54, 1.807) is 6.20 Å². The Morgan fingerprint density at radius 1 is 1.35 bits per heavy atom. The van der Waals surface area contributed by atoms with E-state index in [1.165, 1.54) is 10.9 Å². The van der Waals surface area contributed by atoms with Gasteiger partial charge >= 0.3 is 5.69 Å². The van der Waals surface area contributed by atoms with Crippen molar-refractivity contribution in [3.8, 4) is 0 Å². The molecule has 0 aliphatic carbocycles. The average molecular weight is 239 g/mol. The molecule has 0 aromatic carbocycles. The molecule has 0 aliphatic heterocycles. The average Bonchev–Trinajstić information content (AvgIpc) is 2.68. The van der Waals surface area contributed by atoms with Crippen LogP contribution in [0.25, 0.3) is 0 Å². The molecule has 0 saturated heterocycles. The number of aryl methyl sites for hydroxylation is 2. The Hall–Kier alpha value is -2.38. The molecular formula is C9H10FN5O2. The van der Waals surface area contributed by atoms with Gasteiger partial charge in [-0.25, -0.2) is 4.79 Å². The first-order valence-corrected chi connectivity index (χ1v) is 4.83. The van der Waals surface area contributed by atoms with E-state index in [9.17, 15) is 14.0 Å². The molecule has 7 nitrogen and oxygen atoms in total. The Kier molecular flexibility index (Phi) is 2.77.